The quantitative estimate of drug-likeness (QED) is 0.742. The summed E-state index contributed by atoms with van der Waals surface area (Å²) in [6, 6.07) is 5.39. The summed E-state index contributed by atoms with van der Waals surface area (Å²) in [6.07, 6.45) is 3.72. The van der Waals surface area contributed by atoms with Crippen molar-refractivity contribution in [3.05, 3.63) is 38.9 Å². The van der Waals surface area contributed by atoms with Crippen molar-refractivity contribution in [1.82, 2.24) is 0 Å². The topological polar surface area (TPSA) is 59.6 Å². The molecule has 1 saturated heterocycles. The molecular formula is C17H13Cl2N3OS. The number of hydrogen-bond donors (Lipinski definition) is 1. The molecule has 24 heavy (non-hydrogen) atoms. The average molecular weight is 378 g/mol. The molecule has 3 aliphatic heterocycles. The lowest BCUT2D eigenvalue weighted by atomic mass is 9.84. The molecule has 1 fully saturated rings. The third-order valence-electron chi connectivity index (χ3n) is 4.59. The largest absolute Gasteiger partial charge is 0.506 e. The van der Waals surface area contributed by atoms with Crippen LogP contribution in [0.1, 0.15) is 35.4 Å². The van der Waals surface area contributed by atoms with Crippen LogP contribution in [0.3, 0.4) is 0 Å². The number of phenols is 1. The highest BCUT2D eigenvalue weighted by molar-refractivity contribution is 7.20. The van der Waals surface area contributed by atoms with E-state index in [1.807, 2.05) is 0 Å². The zero-order valence-corrected chi connectivity index (χ0v) is 14.9. The van der Waals surface area contributed by atoms with E-state index >= 15 is 0 Å². The highest BCUT2D eigenvalue weighted by Crippen LogP contribution is 2.52. The average Bonchev–Trinajstić information content (AvgIpc) is 2.98. The Hall–Kier alpha value is -1.74. The van der Waals surface area contributed by atoms with Gasteiger partial charge in [0.25, 0.3) is 0 Å². The van der Waals surface area contributed by atoms with Gasteiger partial charge in [0.15, 0.2) is 0 Å². The van der Waals surface area contributed by atoms with Gasteiger partial charge in [0.1, 0.15) is 16.8 Å². The molecule has 0 atom stereocenters. The summed E-state index contributed by atoms with van der Waals surface area (Å²) < 4.78 is 0. The maximum Gasteiger partial charge on any atom is 0.143 e. The number of fused-ring (bicyclic) bond motifs is 2. The van der Waals surface area contributed by atoms with Crippen molar-refractivity contribution in [2.45, 2.75) is 18.8 Å². The normalized spacial score (nSPS) is 16.6. The Morgan fingerprint density at radius 3 is 2.79 bits per heavy atom. The molecule has 3 aliphatic rings. The fourth-order valence-electron chi connectivity index (χ4n) is 3.42. The van der Waals surface area contributed by atoms with Crippen molar-refractivity contribution in [3.8, 4) is 11.8 Å². The molecule has 0 spiro atoms. The molecule has 0 saturated carbocycles. The smallest absolute Gasteiger partial charge is 0.143 e. The van der Waals surface area contributed by atoms with Crippen LogP contribution in [0.4, 0.5) is 10.0 Å². The number of rotatable bonds is 2. The number of hydrogen-bond acceptors (Lipinski definition) is 5. The Morgan fingerprint density at radius 2 is 2.08 bits per heavy atom. The fraction of sp³-hybridized carbons (Fsp3) is 0.294. The summed E-state index contributed by atoms with van der Waals surface area (Å²) in [7, 11) is 0. The molecule has 4 nitrogen and oxygen atoms in total. The molecule has 1 N–H and O–H groups in total. The van der Waals surface area contributed by atoms with Crippen LogP contribution in [0.5, 0.6) is 5.75 Å². The third kappa shape index (κ3) is 2.46. The lowest BCUT2D eigenvalue weighted by molar-refractivity contribution is 0.475. The highest BCUT2D eigenvalue weighted by atomic mass is 35.5. The molecule has 2 aromatic rings. The van der Waals surface area contributed by atoms with E-state index < -0.39 is 0 Å². The van der Waals surface area contributed by atoms with Gasteiger partial charge in [0.05, 0.1) is 15.6 Å². The van der Waals surface area contributed by atoms with E-state index in [9.17, 15) is 10.4 Å². The first-order valence-electron chi connectivity index (χ1n) is 7.62. The van der Waals surface area contributed by atoms with Gasteiger partial charge in [-0.05, 0) is 30.9 Å². The number of nitriles is 1. The van der Waals surface area contributed by atoms with Gasteiger partial charge < -0.3 is 10.0 Å². The van der Waals surface area contributed by atoms with Crippen LogP contribution in [0.25, 0.3) is 0 Å². The molecule has 4 heterocycles. The van der Waals surface area contributed by atoms with E-state index in [1.165, 1.54) is 17.3 Å². The number of aromatic hydroxyl groups is 1. The standard InChI is InChI=1S/C17H13Cl2N3OS/c18-11-5-10(15(23)13(19)6-11)8-21-16-12(7-20)14-9-1-3-22(4-2-9)17(14)24-16/h5-6,8-9,23H,1-4H2/b21-8+. The Balaban J connectivity index is 1.77. The molecule has 0 radical (unpaired) electrons. The van der Waals surface area contributed by atoms with Crippen molar-refractivity contribution < 1.29 is 5.11 Å². The van der Waals surface area contributed by atoms with Gasteiger partial charge in [-0.1, -0.05) is 34.5 Å². The Bertz CT molecular complexity index is 892. The number of halogens is 2. The molecule has 1 aromatic heterocycles. The first kappa shape index (κ1) is 15.8. The van der Waals surface area contributed by atoms with Gasteiger partial charge >= 0.3 is 0 Å². The van der Waals surface area contributed by atoms with Crippen molar-refractivity contribution in [2.75, 3.05) is 18.0 Å². The summed E-state index contributed by atoms with van der Waals surface area (Å²) >= 11 is 13.5. The fourth-order valence-corrected chi connectivity index (χ4v) is 5.16. The van der Waals surface area contributed by atoms with Gasteiger partial charge in [-0.15, -0.1) is 0 Å². The number of thiophene rings is 1. The van der Waals surface area contributed by atoms with Crippen LogP contribution >= 0.6 is 34.5 Å². The van der Waals surface area contributed by atoms with Gasteiger partial charge in [-0.3, -0.25) is 0 Å². The van der Waals surface area contributed by atoms with E-state index in [1.54, 1.807) is 17.4 Å². The summed E-state index contributed by atoms with van der Waals surface area (Å²) in [5.41, 5.74) is 2.25. The molecule has 1 aromatic carbocycles. The Morgan fingerprint density at radius 1 is 1.33 bits per heavy atom. The van der Waals surface area contributed by atoms with Crippen LogP contribution in [-0.2, 0) is 0 Å². The minimum absolute atomic E-state index is 0.0616. The predicted octanol–water partition coefficient (Wildman–Crippen LogP) is 5.08. The maximum absolute atomic E-state index is 10.0. The number of anilines is 1. The minimum Gasteiger partial charge on any atom is -0.506 e. The van der Waals surface area contributed by atoms with Gasteiger partial charge in [0.2, 0.25) is 0 Å². The Kier molecular flexibility index (Phi) is 3.92. The van der Waals surface area contributed by atoms with E-state index in [0.29, 0.717) is 27.1 Å². The number of benzene rings is 1. The highest BCUT2D eigenvalue weighted by Gasteiger charge is 2.36. The minimum atomic E-state index is -0.0616. The lowest BCUT2D eigenvalue weighted by Gasteiger charge is -2.39. The second-order valence-electron chi connectivity index (χ2n) is 5.96. The first-order valence-corrected chi connectivity index (χ1v) is 9.19. The molecule has 0 unspecified atom stereocenters. The van der Waals surface area contributed by atoms with Crippen LogP contribution < -0.4 is 4.90 Å². The SMILES string of the molecule is N#Cc1c(/N=C/c2cc(Cl)cc(Cl)c2O)sc2c1C1CCN2CC1. The van der Waals surface area contributed by atoms with E-state index in [0.717, 1.165) is 31.5 Å². The summed E-state index contributed by atoms with van der Waals surface area (Å²) in [4.78, 5) is 6.80. The third-order valence-corrected chi connectivity index (χ3v) is 6.27. The zero-order chi connectivity index (χ0) is 16.8. The number of nitrogens with zero attached hydrogens (tertiary/aromatic N) is 3. The van der Waals surface area contributed by atoms with Crippen molar-refractivity contribution in [1.29, 1.82) is 5.26 Å². The molecule has 122 valence electrons. The number of aliphatic imine (C=N–C) groups is 1. The summed E-state index contributed by atoms with van der Waals surface area (Å²) in [5, 5.41) is 22.1. The summed E-state index contributed by atoms with van der Waals surface area (Å²) in [5.74, 6) is 0.405. The van der Waals surface area contributed by atoms with E-state index in [2.05, 4.69) is 16.0 Å². The molecule has 5 rings (SSSR count). The molecule has 0 aliphatic carbocycles. The van der Waals surface area contributed by atoms with E-state index in [-0.39, 0.29) is 10.8 Å². The molecule has 7 heteroatoms. The van der Waals surface area contributed by atoms with Crippen molar-refractivity contribution in [2.24, 2.45) is 4.99 Å². The van der Waals surface area contributed by atoms with Crippen LogP contribution in [0.2, 0.25) is 10.0 Å². The maximum atomic E-state index is 10.0. The van der Waals surface area contributed by atoms with Crippen LogP contribution in [0.15, 0.2) is 17.1 Å². The van der Waals surface area contributed by atoms with Crippen LogP contribution in [-0.4, -0.2) is 24.4 Å². The monoisotopic (exact) mass is 377 g/mol. The van der Waals surface area contributed by atoms with Crippen molar-refractivity contribution >= 4 is 50.8 Å². The second kappa shape index (κ2) is 5.96. The first-order chi connectivity index (χ1) is 11.6. The predicted molar refractivity (Wildman–Crippen MR) is 98.6 cm³/mol. The Labute approximate surface area is 153 Å². The van der Waals surface area contributed by atoms with Crippen LogP contribution in [0, 0.1) is 11.3 Å². The van der Waals surface area contributed by atoms with Gasteiger partial charge in [0, 0.05) is 35.5 Å². The number of phenolic OH excluding ortho intramolecular Hbond substituents is 1. The van der Waals surface area contributed by atoms with Crippen molar-refractivity contribution in [3.63, 3.8) is 0 Å². The molecule has 2 bridgehead atoms. The molecular weight excluding hydrogens is 365 g/mol. The van der Waals surface area contributed by atoms with Gasteiger partial charge in [-0.2, -0.15) is 5.26 Å². The number of piperidine rings is 1. The zero-order valence-electron chi connectivity index (χ0n) is 12.6. The van der Waals surface area contributed by atoms with E-state index in [4.69, 9.17) is 23.2 Å². The lowest BCUT2D eigenvalue weighted by Crippen LogP contribution is -2.37. The second-order valence-corrected chi connectivity index (χ2v) is 7.78. The molecule has 0 amide bonds. The summed E-state index contributed by atoms with van der Waals surface area (Å²) in [6.45, 7) is 2.10. The van der Waals surface area contributed by atoms with Gasteiger partial charge in [-0.25, -0.2) is 4.99 Å².